The van der Waals surface area contributed by atoms with Crippen LogP contribution in [0.5, 0.6) is 5.75 Å². The van der Waals surface area contributed by atoms with Gasteiger partial charge in [-0.05, 0) is 18.2 Å². The van der Waals surface area contributed by atoms with Crippen molar-refractivity contribution in [2.45, 2.75) is 6.92 Å². The van der Waals surface area contributed by atoms with Crippen molar-refractivity contribution in [1.82, 2.24) is 19.7 Å². The van der Waals surface area contributed by atoms with E-state index in [0.29, 0.717) is 16.6 Å². The van der Waals surface area contributed by atoms with Crippen molar-refractivity contribution in [3.63, 3.8) is 0 Å². The van der Waals surface area contributed by atoms with Crippen LogP contribution in [0.3, 0.4) is 0 Å². The number of anilines is 1. The number of hydrogen-bond acceptors (Lipinski definition) is 6. The average Bonchev–Trinajstić information content (AvgIpc) is 2.95. The topological polar surface area (TPSA) is 139 Å². The number of benzene rings is 1. The molecule has 1 amide bonds. The summed E-state index contributed by atoms with van der Waals surface area (Å²) in [5, 5.41) is 15.3. The largest absolute Gasteiger partial charge is 0.511 e. The van der Waals surface area contributed by atoms with E-state index in [1.807, 2.05) is 0 Å². The predicted octanol–water partition coefficient (Wildman–Crippen LogP) is 1.12. The number of aromatic nitrogens is 4. The highest BCUT2D eigenvalue weighted by atomic mass is 16.7. The normalized spacial score (nSPS) is 10.5. The first kappa shape index (κ1) is 15.2. The van der Waals surface area contributed by atoms with Gasteiger partial charge in [0, 0.05) is 12.6 Å². The molecule has 0 saturated heterocycles. The molecule has 1 aromatic carbocycles. The van der Waals surface area contributed by atoms with Crippen molar-refractivity contribution in [3.8, 4) is 11.7 Å². The molecular formula is C14H11N5O5. The smallest absolute Gasteiger partial charge is 0.449 e. The molecule has 0 aliphatic rings. The third kappa shape index (κ3) is 3.06. The number of nitrogens with zero attached hydrogens (tertiary/aromatic N) is 3. The number of aromatic amines is 1. The maximum atomic E-state index is 12.2. The number of ether oxygens (including phenoxy) is 1. The van der Waals surface area contributed by atoms with Crippen LogP contribution in [0, 0.1) is 0 Å². The first-order chi connectivity index (χ1) is 11.4. The number of carboxylic acid groups (broad SMARTS) is 1. The highest BCUT2D eigenvalue weighted by Gasteiger charge is 2.10. The Kier molecular flexibility index (Phi) is 3.70. The number of amides is 1. The number of H-pyrrole nitrogens is 1. The minimum atomic E-state index is -1.47. The van der Waals surface area contributed by atoms with E-state index >= 15 is 0 Å². The van der Waals surface area contributed by atoms with Crippen LogP contribution >= 0.6 is 0 Å². The number of nitrogens with one attached hydrogen (secondary N) is 2. The van der Waals surface area contributed by atoms with Gasteiger partial charge in [0.1, 0.15) is 0 Å². The monoisotopic (exact) mass is 329 g/mol. The molecule has 0 aliphatic carbocycles. The Morgan fingerprint density at radius 1 is 1.38 bits per heavy atom. The SMILES string of the molecule is CC(=O)Nc1ccc2nc(-n3cc(OC(=O)O)cn3)[nH]c(=O)c2c1. The Morgan fingerprint density at radius 3 is 2.88 bits per heavy atom. The van der Waals surface area contributed by atoms with E-state index < -0.39 is 11.7 Å². The van der Waals surface area contributed by atoms with E-state index in [9.17, 15) is 14.4 Å². The Morgan fingerprint density at radius 2 is 2.17 bits per heavy atom. The molecule has 3 rings (SSSR count). The van der Waals surface area contributed by atoms with Crippen LogP contribution in [0.25, 0.3) is 16.9 Å². The first-order valence-corrected chi connectivity index (χ1v) is 6.70. The molecule has 0 spiro atoms. The highest BCUT2D eigenvalue weighted by Crippen LogP contribution is 2.16. The summed E-state index contributed by atoms with van der Waals surface area (Å²) in [6, 6.07) is 4.70. The van der Waals surface area contributed by atoms with Gasteiger partial charge >= 0.3 is 6.16 Å². The molecule has 2 aromatic heterocycles. The second-order valence-corrected chi connectivity index (χ2v) is 4.79. The number of carbonyl (C=O) groups is 2. The summed E-state index contributed by atoms with van der Waals surface area (Å²) < 4.78 is 5.64. The third-order valence-electron chi connectivity index (χ3n) is 2.99. The fourth-order valence-corrected chi connectivity index (χ4v) is 2.09. The van der Waals surface area contributed by atoms with E-state index in [2.05, 4.69) is 25.1 Å². The summed E-state index contributed by atoms with van der Waals surface area (Å²) in [6.07, 6.45) is 0.974. The predicted molar refractivity (Wildman–Crippen MR) is 82.4 cm³/mol. The number of hydrogen-bond donors (Lipinski definition) is 3. The summed E-state index contributed by atoms with van der Waals surface area (Å²) in [7, 11) is 0. The Bertz CT molecular complexity index is 1010. The molecule has 0 bridgehead atoms. The van der Waals surface area contributed by atoms with Crippen molar-refractivity contribution in [3.05, 3.63) is 40.9 Å². The van der Waals surface area contributed by atoms with E-state index in [1.54, 1.807) is 12.1 Å². The minimum absolute atomic E-state index is 0.00810. The Labute approximate surface area is 133 Å². The molecule has 0 aliphatic heterocycles. The number of carbonyl (C=O) groups excluding carboxylic acids is 1. The second kappa shape index (κ2) is 5.83. The molecule has 122 valence electrons. The van der Waals surface area contributed by atoms with Crippen LogP contribution in [0.2, 0.25) is 0 Å². The standard InChI is InChI=1S/C14H11N5O5/c1-7(20)16-8-2-3-11-10(4-8)12(21)18-13(17-11)19-6-9(5-15-19)24-14(22)23/h2-6H,1H3,(H,16,20)(H,22,23)(H,17,18,21). The summed E-state index contributed by atoms with van der Waals surface area (Å²) in [5.74, 6) is -0.163. The van der Waals surface area contributed by atoms with Gasteiger partial charge in [0.05, 0.1) is 23.3 Å². The van der Waals surface area contributed by atoms with E-state index in [-0.39, 0.29) is 17.6 Å². The fourth-order valence-electron chi connectivity index (χ4n) is 2.09. The molecule has 3 aromatic rings. The lowest BCUT2D eigenvalue weighted by atomic mass is 10.2. The second-order valence-electron chi connectivity index (χ2n) is 4.79. The van der Waals surface area contributed by atoms with Gasteiger partial charge in [0.15, 0.2) is 5.75 Å². The molecule has 0 saturated carbocycles. The highest BCUT2D eigenvalue weighted by molar-refractivity contribution is 5.92. The zero-order chi connectivity index (χ0) is 17.3. The van der Waals surface area contributed by atoms with Gasteiger partial charge in [-0.1, -0.05) is 0 Å². The van der Waals surface area contributed by atoms with Crippen LogP contribution < -0.4 is 15.6 Å². The maximum Gasteiger partial charge on any atom is 0.511 e. The summed E-state index contributed by atoms with van der Waals surface area (Å²) >= 11 is 0. The van der Waals surface area contributed by atoms with Crippen LogP contribution in [-0.2, 0) is 4.79 Å². The van der Waals surface area contributed by atoms with Crippen LogP contribution in [0.15, 0.2) is 35.4 Å². The molecule has 0 radical (unpaired) electrons. The molecule has 10 nitrogen and oxygen atoms in total. The zero-order valence-electron chi connectivity index (χ0n) is 12.3. The summed E-state index contributed by atoms with van der Waals surface area (Å²) in [4.78, 5) is 40.6. The van der Waals surface area contributed by atoms with Crippen molar-refractivity contribution in [2.24, 2.45) is 0 Å². The molecule has 3 N–H and O–H groups in total. The van der Waals surface area contributed by atoms with Gasteiger partial charge in [-0.25, -0.2) is 14.5 Å². The van der Waals surface area contributed by atoms with Gasteiger partial charge < -0.3 is 15.2 Å². The third-order valence-corrected chi connectivity index (χ3v) is 2.99. The van der Waals surface area contributed by atoms with Crippen LogP contribution in [0.4, 0.5) is 10.5 Å². The Balaban J connectivity index is 2.01. The maximum absolute atomic E-state index is 12.2. The quantitative estimate of drug-likeness (QED) is 0.612. The van der Waals surface area contributed by atoms with Gasteiger partial charge in [-0.15, -0.1) is 0 Å². The van der Waals surface area contributed by atoms with Crippen molar-refractivity contribution in [2.75, 3.05) is 5.32 Å². The fraction of sp³-hybridized carbons (Fsp3) is 0.0714. The van der Waals surface area contributed by atoms with Gasteiger partial charge in [0.25, 0.3) is 5.56 Å². The van der Waals surface area contributed by atoms with Gasteiger partial charge in [-0.2, -0.15) is 5.10 Å². The number of fused-ring (bicyclic) bond motifs is 1. The van der Waals surface area contributed by atoms with E-state index in [0.717, 1.165) is 0 Å². The summed E-state index contributed by atoms with van der Waals surface area (Å²) in [5.41, 5.74) is 0.434. The molecule has 0 fully saturated rings. The molecule has 2 heterocycles. The molecular weight excluding hydrogens is 318 g/mol. The Hall–Kier alpha value is -3.69. The zero-order valence-corrected chi connectivity index (χ0v) is 12.3. The molecule has 10 heteroatoms. The minimum Gasteiger partial charge on any atom is -0.449 e. The lowest BCUT2D eigenvalue weighted by Crippen LogP contribution is -2.14. The van der Waals surface area contributed by atoms with Crippen molar-refractivity contribution >= 4 is 28.7 Å². The number of rotatable bonds is 3. The van der Waals surface area contributed by atoms with Gasteiger partial charge in [-0.3, -0.25) is 14.6 Å². The van der Waals surface area contributed by atoms with E-state index in [4.69, 9.17) is 5.11 Å². The van der Waals surface area contributed by atoms with E-state index in [1.165, 1.54) is 30.1 Å². The molecule has 24 heavy (non-hydrogen) atoms. The first-order valence-electron chi connectivity index (χ1n) is 6.70. The average molecular weight is 329 g/mol. The molecule has 0 atom stereocenters. The van der Waals surface area contributed by atoms with Crippen LogP contribution in [0.1, 0.15) is 6.92 Å². The van der Waals surface area contributed by atoms with Crippen molar-refractivity contribution < 1.29 is 19.4 Å². The molecule has 0 unspecified atom stereocenters. The van der Waals surface area contributed by atoms with Gasteiger partial charge in [0.2, 0.25) is 11.9 Å². The lowest BCUT2D eigenvalue weighted by Gasteiger charge is -2.05. The van der Waals surface area contributed by atoms with Crippen LogP contribution in [-0.4, -0.2) is 36.9 Å². The summed E-state index contributed by atoms with van der Waals surface area (Å²) in [6.45, 7) is 1.37. The lowest BCUT2D eigenvalue weighted by molar-refractivity contribution is -0.114. The van der Waals surface area contributed by atoms with Crippen molar-refractivity contribution in [1.29, 1.82) is 0 Å².